The zero-order valence-corrected chi connectivity index (χ0v) is 19.1. The van der Waals surface area contributed by atoms with Crippen molar-refractivity contribution in [2.45, 2.75) is 38.5 Å². The van der Waals surface area contributed by atoms with E-state index < -0.39 is 0 Å². The van der Waals surface area contributed by atoms with E-state index in [1.807, 2.05) is 53.6 Å². The van der Waals surface area contributed by atoms with Gasteiger partial charge in [0.25, 0.3) is 0 Å². The van der Waals surface area contributed by atoms with Crippen LogP contribution in [0.3, 0.4) is 0 Å². The highest BCUT2D eigenvalue weighted by Gasteiger charge is 2.28. The van der Waals surface area contributed by atoms with Gasteiger partial charge in [-0.05, 0) is 55.2 Å². The van der Waals surface area contributed by atoms with Gasteiger partial charge in [0.2, 0.25) is 23.5 Å². The number of likely N-dealkylation sites (tertiary alicyclic amines) is 1. The summed E-state index contributed by atoms with van der Waals surface area (Å²) >= 11 is 0. The predicted molar refractivity (Wildman–Crippen MR) is 129 cm³/mol. The Morgan fingerprint density at radius 1 is 1.18 bits per heavy atom. The summed E-state index contributed by atoms with van der Waals surface area (Å²) in [4.78, 5) is 34.0. The van der Waals surface area contributed by atoms with Crippen LogP contribution in [-0.4, -0.2) is 44.9 Å². The molecule has 34 heavy (non-hydrogen) atoms. The predicted octanol–water partition coefficient (Wildman–Crippen LogP) is 4.52. The maximum absolute atomic E-state index is 13.0. The molecule has 2 amide bonds. The van der Waals surface area contributed by atoms with E-state index in [1.165, 1.54) is 17.9 Å². The standard InChI is InChI=1S/C26H27N5O3/c1-17(32)28-21-11-8-18(9-12-21)25-29-26(34-30-25)20-5-4-14-31(16-20)24(33)13-10-19-15-27-23-7-3-2-6-22(19)23/h2-3,6-9,11-12,15,20,27H,4-5,10,13-14,16H2,1H3,(H,28,32)/t20-/m0/s1. The average Bonchev–Trinajstić information content (AvgIpc) is 3.51. The van der Waals surface area contributed by atoms with Crippen LogP contribution in [0.1, 0.15) is 43.6 Å². The second-order valence-corrected chi connectivity index (χ2v) is 8.75. The summed E-state index contributed by atoms with van der Waals surface area (Å²) in [5, 5.41) is 8.06. The fourth-order valence-corrected chi connectivity index (χ4v) is 4.57. The Kier molecular flexibility index (Phi) is 6.12. The van der Waals surface area contributed by atoms with E-state index in [2.05, 4.69) is 26.5 Å². The maximum Gasteiger partial charge on any atom is 0.231 e. The Hall–Kier alpha value is -3.94. The number of benzene rings is 2. The van der Waals surface area contributed by atoms with Crippen molar-refractivity contribution in [1.82, 2.24) is 20.0 Å². The summed E-state index contributed by atoms with van der Waals surface area (Å²) in [5.74, 6) is 1.14. The van der Waals surface area contributed by atoms with Crippen molar-refractivity contribution in [2.24, 2.45) is 0 Å². The number of carbonyl (C=O) groups is 2. The Morgan fingerprint density at radius 2 is 2.00 bits per heavy atom. The zero-order chi connectivity index (χ0) is 23.5. The quantitative estimate of drug-likeness (QED) is 0.443. The summed E-state index contributed by atoms with van der Waals surface area (Å²) in [6.45, 7) is 2.82. The molecule has 0 bridgehead atoms. The molecule has 174 valence electrons. The molecule has 1 aliphatic rings. The third-order valence-electron chi connectivity index (χ3n) is 6.31. The number of hydrogen-bond acceptors (Lipinski definition) is 5. The number of piperidine rings is 1. The van der Waals surface area contributed by atoms with E-state index in [1.54, 1.807) is 0 Å². The number of hydrogen-bond donors (Lipinski definition) is 2. The Labute approximate surface area is 197 Å². The van der Waals surface area contributed by atoms with Gasteiger partial charge >= 0.3 is 0 Å². The van der Waals surface area contributed by atoms with Gasteiger partial charge in [0.05, 0.1) is 5.92 Å². The molecule has 0 aliphatic carbocycles. The van der Waals surface area contributed by atoms with Crippen molar-refractivity contribution in [2.75, 3.05) is 18.4 Å². The molecule has 0 radical (unpaired) electrons. The molecule has 2 N–H and O–H groups in total. The van der Waals surface area contributed by atoms with Crippen molar-refractivity contribution in [3.63, 3.8) is 0 Å². The third kappa shape index (κ3) is 4.71. The topological polar surface area (TPSA) is 104 Å². The van der Waals surface area contributed by atoms with E-state index >= 15 is 0 Å². The molecule has 8 nitrogen and oxygen atoms in total. The molecule has 2 aromatic heterocycles. The molecule has 1 fully saturated rings. The summed E-state index contributed by atoms with van der Waals surface area (Å²) in [5.41, 5.74) is 3.80. The maximum atomic E-state index is 13.0. The highest BCUT2D eigenvalue weighted by atomic mass is 16.5. The number of anilines is 1. The highest BCUT2D eigenvalue weighted by molar-refractivity contribution is 5.89. The largest absolute Gasteiger partial charge is 0.361 e. The fraction of sp³-hybridized carbons (Fsp3) is 0.308. The van der Waals surface area contributed by atoms with Crippen LogP contribution >= 0.6 is 0 Å². The van der Waals surface area contributed by atoms with Crippen LogP contribution in [0.25, 0.3) is 22.3 Å². The van der Waals surface area contributed by atoms with Gasteiger partial charge in [-0.1, -0.05) is 23.4 Å². The van der Waals surface area contributed by atoms with Crippen LogP contribution in [0.2, 0.25) is 0 Å². The normalized spacial score (nSPS) is 16.0. The van der Waals surface area contributed by atoms with E-state index in [0.717, 1.165) is 30.5 Å². The number of fused-ring (bicyclic) bond motifs is 1. The average molecular weight is 458 g/mol. The van der Waals surface area contributed by atoms with Crippen molar-refractivity contribution in [1.29, 1.82) is 0 Å². The lowest BCUT2D eigenvalue weighted by Gasteiger charge is -2.31. The molecule has 1 atom stereocenters. The van der Waals surface area contributed by atoms with Gasteiger partial charge in [0.1, 0.15) is 0 Å². The van der Waals surface area contributed by atoms with Crippen LogP contribution in [0, 0.1) is 0 Å². The molecule has 5 rings (SSSR count). The molecule has 2 aromatic carbocycles. The summed E-state index contributed by atoms with van der Waals surface area (Å²) in [7, 11) is 0. The first-order valence-corrected chi connectivity index (χ1v) is 11.6. The zero-order valence-electron chi connectivity index (χ0n) is 19.1. The lowest BCUT2D eigenvalue weighted by Crippen LogP contribution is -2.39. The van der Waals surface area contributed by atoms with Crippen LogP contribution in [0.4, 0.5) is 5.69 Å². The number of aryl methyl sites for hydroxylation is 1. The molecule has 1 saturated heterocycles. The molecule has 4 aromatic rings. The molecule has 1 aliphatic heterocycles. The van der Waals surface area contributed by atoms with Gasteiger partial charge in [0.15, 0.2) is 0 Å². The Balaban J connectivity index is 1.21. The van der Waals surface area contributed by atoms with Gasteiger partial charge < -0.3 is 19.7 Å². The van der Waals surface area contributed by atoms with E-state index in [4.69, 9.17) is 4.52 Å². The SMILES string of the molecule is CC(=O)Nc1ccc(-c2noc([C@H]3CCCN(C(=O)CCc4c[nH]c5ccccc45)C3)n2)cc1. The molecule has 0 saturated carbocycles. The van der Waals surface area contributed by atoms with E-state index in [0.29, 0.717) is 36.8 Å². The van der Waals surface area contributed by atoms with Crippen LogP contribution in [0.5, 0.6) is 0 Å². The van der Waals surface area contributed by atoms with Crippen molar-refractivity contribution < 1.29 is 14.1 Å². The summed E-state index contributed by atoms with van der Waals surface area (Å²) in [6.07, 6.45) is 5.01. The number of nitrogens with zero attached hydrogens (tertiary/aromatic N) is 3. The van der Waals surface area contributed by atoms with Crippen LogP contribution in [-0.2, 0) is 16.0 Å². The van der Waals surface area contributed by atoms with Crippen molar-refractivity contribution in [3.8, 4) is 11.4 Å². The van der Waals surface area contributed by atoms with Crippen molar-refractivity contribution >= 4 is 28.4 Å². The monoisotopic (exact) mass is 457 g/mol. The molecule has 3 heterocycles. The van der Waals surface area contributed by atoms with Gasteiger partial charge in [0, 0.05) is 54.8 Å². The minimum absolute atomic E-state index is 0.0330. The van der Waals surface area contributed by atoms with Crippen LogP contribution in [0.15, 0.2) is 59.3 Å². The first kappa shape index (κ1) is 21.9. The lowest BCUT2D eigenvalue weighted by atomic mass is 9.97. The number of rotatable bonds is 6. The number of para-hydroxylation sites is 1. The van der Waals surface area contributed by atoms with Gasteiger partial charge in [-0.3, -0.25) is 9.59 Å². The van der Waals surface area contributed by atoms with E-state index in [9.17, 15) is 9.59 Å². The molecular weight excluding hydrogens is 430 g/mol. The molecule has 8 heteroatoms. The number of aromatic amines is 1. The highest BCUT2D eigenvalue weighted by Crippen LogP contribution is 2.29. The van der Waals surface area contributed by atoms with Crippen LogP contribution < -0.4 is 5.32 Å². The summed E-state index contributed by atoms with van der Waals surface area (Å²) in [6, 6.07) is 15.5. The smallest absolute Gasteiger partial charge is 0.231 e. The molecule has 0 unspecified atom stereocenters. The third-order valence-corrected chi connectivity index (χ3v) is 6.31. The van der Waals surface area contributed by atoms with Gasteiger partial charge in [-0.25, -0.2) is 0 Å². The first-order chi connectivity index (χ1) is 16.6. The number of aromatic nitrogens is 3. The minimum atomic E-state index is -0.118. The number of carbonyl (C=O) groups excluding carboxylic acids is 2. The van der Waals surface area contributed by atoms with Crippen molar-refractivity contribution in [3.05, 3.63) is 66.2 Å². The number of nitrogens with one attached hydrogen (secondary N) is 2. The summed E-state index contributed by atoms with van der Waals surface area (Å²) < 4.78 is 5.58. The number of H-pyrrole nitrogens is 1. The van der Waals surface area contributed by atoms with E-state index in [-0.39, 0.29) is 17.7 Å². The first-order valence-electron chi connectivity index (χ1n) is 11.6. The van der Waals surface area contributed by atoms with Gasteiger partial charge in [-0.2, -0.15) is 4.98 Å². The fourth-order valence-electron chi connectivity index (χ4n) is 4.57. The lowest BCUT2D eigenvalue weighted by molar-refractivity contribution is -0.132. The van der Waals surface area contributed by atoms with Gasteiger partial charge in [-0.15, -0.1) is 0 Å². The minimum Gasteiger partial charge on any atom is -0.361 e. The second-order valence-electron chi connectivity index (χ2n) is 8.75. The Bertz CT molecular complexity index is 1310. The second kappa shape index (κ2) is 9.51. The molecule has 0 spiro atoms. The Morgan fingerprint density at radius 3 is 2.82 bits per heavy atom. The molecular formula is C26H27N5O3. The number of amides is 2.